The summed E-state index contributed by atoms with van der Waals surface area (Å²) in [5.41, 5.74) is 1.38. The number of rotatable bonds is 8. The molecule has 2 aromatic rings. The van der Waals surface area contributed by atoms with Gasteiger partial charge in [-0.15, -0.1) is 10.2 Å². The van der Waals surface area contributed by atoms with E-state index < -0.39 is 0 Å². The van der Waals surface area contributed by atoms with E-state index >= 15 is 0 Å². The molecule has 2 rings (SSSR count). The third-order valence-electron chi connectivity index (χ3n) is 4.34. The minimum atomic E-state index is -0.108. The summed E-state index contributed by atoms with van der Waals surface area (Å²) in [5.74, 6) is 1.08. The quantitative estimate of drug-likeness (QED) is 0.693. The predicted molar refractivity (Wildman–Crippen MR) is 107 cm³/mol. The molecule has 1 amide bonds. The van der Waals surface area contributed by atoms with E-state index in [4.69, 9.17) is 4.74 Å². The number of nitrogens with one attached hydrogen (secondary N) is 1. The summed E-state index contributed by atoms with van der Waals surface area (Å²) in [6.07, 6.45) is 2.34. The van der Waals surface area contributed by atoms with Crippen molar-refractivity contribution < 1.29 is 9.53 Å². The second kappa shape index (κ2) is 9.12. The van der Waals surface area contributed by atoms with Crippen LogP contribution in [0.2, 0.25) is 0 Å². The lowest BCUT2D eigenvalue weighted by Crippen LogP contribution is -2.15. The van der Waals surface area contributed by atoms with Gasteiger partial charge in [-0.25, -0.2) is 0 Å². The molecule has 0 bridgehead atoms. The molecule has 0 aliphatic carbocycles. The number of ether oxygens (including phenoxy) is 1. The summed E-state index contributed by atoms with van der Waals surface area (Å²) >= 11 is 1.46. The molecule has 0 unspecified atom stereocenters. The Labute approximate surface area is 160 Å². The minimum absolute atomic E-state index is 0.108. The van der Waals surface area contributed by atoms with Gasteiger partial charge in [0.2, 0.25) is 11.0 Å². The smallest absolute Gasteiger partial charge is 0.229 e. The predicted octanol–water partition coefficient (Wildman–Crippen LogP) is 5.15. The van der Waals surface area contributed by atoms with Gasteiger partial charge < -0.3 is 10.1 Å². The molecule has 6 heteroatoms. The third kappa shape index (κ3) is 5.80. The van der Waals surface area contributed by atoms with Gasteiger partial charge in [-0.2, -0.15) is 0 Å². The van der Waals surface area contributed by atoms with Gasteiger partial charge in [-0.1, -0.05) is 58.1 Å². The molecule has 0 atom stereocenters. The molecule has 0 saturated heterocycles. The topological polar surface area (TPSA) is 64.1 Å². The first-order valence-electron chi connectivity index (χ1n) is 9.20. The number of nitrogens with zero attached hydrogens (tertiary/aromatic N) is 2. The Morgan fingerprint density at radius 3 is 2.38 bits per heavy atom. The molecule has 1 aromatic heterocycles. The molecule has 26 heavy (non-hydrogen) atoms. The Morgan fingerprint density at radius 2 is 1.81 bits per heavy atom. The van der Waals surface area contributed by atoms with Gasteiger partial charge in [0.25, 0.3) is 0 Å². The van der Waals surface area contributed by atoms with Crippen LogP contribution in [-0.4, -0.2) is 22.7 Å². The maximum atomic E-state index is 12.1. The first kappa shape index (κ1) is 20.4. The molecule has 0 aliphatic heterocycles. The summed E-state index contributed by atoms with van der Waals surface area (Å²) < 4.78 is 5.67. The average Bonchev–Trinajstić information content (AvgIpc) is 3.04. The fraction of sp³-hybridized carbons (Fsp3) is 0.550. The van der Waals surface area contributed by atoms with Crippen molar-refractivity contribution in [2.24, 2.45) is 0 Å². The second-order valence-electron chi connectivity index (χ2n) is 7.38. The van der Waals surface area contributed by atoms with Gasteiger partial charge in [0, 0.05) is 5.92 Å². The lowest BCUT2D eigenvalue weighted by Gasteiger charge is -2.19. The van der Waals surface area contributed by atoms with Crippen LogP contribution >= 0.6 is 11.3 Å². The van der Waals surface area contributed by atoms with Crippen LogP contribution in [0.25, 0.3) is 0 Å². The van der Waals surface area contributed by atoms with Gasteiger partial charge in [0.15, 0.2) is 0 Å². The van der Waals surface area contributed by atoms with Crippen molar-refractivity contribution in [2.75, 3.05) is 11.9 Å². The number of hydrogen-bond donors (Lipinski definition) is 1. The van der Waals surface area contributed by atoms with Crippen LogP contribution in [0, 0.1) is 0 Å². The lowest BCUT2D eigenvalue weighted by atomic mass is 9.87. The molecule has 5 nitrogen and oxygen atoms in total. The van der Waals surface area contributed by atoms with Gasteiger partial charge in [0.05, 0.1) is 13.0 Å². The lowest BCUT2D eigenvalue weighted by molar-refractivity contribution is -0.116. The van der Waals surface area contributed by atoms with Crippen molar-refractivity contribution in [1.82, 2.24) is 10.2 Å². The Bertz CT molecular complexity index is 701. The Balaban J connectivity index is 1.79. The zero-order valence-electron chi connectivity index (χ0n) is 16.3. The van der Waals surface area contributed by atoms with Crippen LogP contribution in [0.15, 0.2) is 24.3 Å². The molecule has 0 radical (unpaired) electrons. The van der Waals surface area contributed by atoms with E-state index in [-0.39, 0.29) is 17.7 Å². The fourth-order valence-corrected chi connectivity index (χ4v) is 3.61. The zero-order valence-corrected chi connectivity index (χ0v) is 17.2. The molecular formula is C20H29N3O2S. The van der Waals surface area contributed by atoms with Gasteiger partial charge in [0.1, 0.15) is 10.8 Å². The van der Waals surface area contributed by atoms with Crippen LogP contribution in [0.4, 0.5) is 5.13 Å². The summed E-state index contributed by atoms with van der Waals surface area (Å²) in [6.45, 7) is 11.1. The van der Waals surface area contributed by atoms with Crippen molar-refractivity contribution >= 4 is 22.4 Å². The summed E-state index contributed by atoms with van der Waals surface area (Å²) in [7, 11) is 0. The van der Waals surface area contributed by atoms with Gasteiger partial charge in [-0.3, -0.25) is 4.79 Å². The highest BCUT2D eigenvalue weighted by molar-refractivity contribution is 7.15. The highest BCUT2D eigenvalue weighted by atomic mass is 32.1. The fourth-order valence-electron chi connectivity index (χ4n) is 2.58. The van der Waals surface area contributed by atoms with E-state index in [2.05, 4.69) is 62.3 Å². The summed E-state index contributed by atoms with van der Waals surface area (Å²) in [5, 5.41) is 12.6. The number of hydrogen-bond acceptors (Lipinski definition) is 5. The normalized spacial score (nSPS) is 11.6. The van der Waals surface area contributed by atoms with E-state index in [1.54, 1.807) is 0 Å². The number of carbonyl (C=O) groups excluding carboxylic acids is 1. The van der Waals surface area contributed by atoms with Crippen molar-refractivity contribution in [3.8, 4) is 5.75 Å². The average molecular weight is 376 g/mol. The van der Waals surface area contributed by atoms with Gasteiger partial charge in [-0.05, 0) is 36.0 Å². The highest BCUT2D eigenvalue weighted by Crippen LogP contribution is 2.28. The maximum Gasteiger partial charge on any atom is 0.229 e. The zero-order chi connectivity index (χ0) is 19.2. The van der Waals surface area contributed by atoms with Crippen molar-refractivity contribution in [1.29, 1.82) is 0 Å². The third-order valence-corrected chi connectivity index (χ3v) is 5.34. The van der Waals surface area contributed by atoms with E-state index in [0.717, 1.165) is 23.6 Å². The van der Waals surface area contributed by atoms with E-state index in [0.29, 0.717) is 17.7 Å². The largest absolute Gasteiger partial charge is 0.493 e. The van der Waals surface area contributed by atoms with Crippen LogP contribution < -0.4 is 10.1 Å². The van der Waals surface area contributed by atoms with Crippen LogP contribution in [-0.2, 0) is 10.2 Å². The SMILES string of the molecule is CCC(CC)c1nnc(NC(=O)CCOc2ccc(C(C)(C)C)cc2)s1. The van der Waals surface area contributed by atoms with E-state index in [1.807, 2.05) is 12.1 Å². The number of aromatic nitrogens is 2. The number of carbonyl (C=O) groups is 1. The van der Waals surface area contributed by atoms with Crippen LogP contribution in [0.1, 0.15) is 70.4 Å². The summed E-state index contributed by atoms with van der Waals surface area (Å²) in [6, 6.07) is 8.03. The minimum Gasteiger partial charge on any atom is -0.493 e. The van der Waals surface area contributed by atoms with E-state index in [9.17, 15) is 4.79 Å². The van der Waals surface area contributed by atoms with E-state index in [1.165, 1.54) is 16.9 Å². The molecule has 0 saturated carbocycles. The van der Waals surface area contributed by atoms with Crippen LogP contribution in [0.5, 0.6) is 5.75 Å². The molecule has 1 aromatic carbocycles. The Kier molecular flexibility index (Phi) is 7.14. The monoisotopic (exact) mass is 375 g/mol. The Morgan fingerprint density at radius 1 is 1.15 bits per heavy atom. The second-order valence-corrected chi connectivity index (χ2v) is 8.39. The van der Waals surface area contributed by atoms with Crippen molar-refractivity contribution in [3.05, 3.63) is 34.8 Å². The molecule has 1 heterocycles. The van der Waals surface area contributed by atoms with Crippen molar-refractivity contribution in [3.63, 3.8) is 0 Å². The molecular weight excluding hydrogens is 346 g/mol. The standard InChI is InChI=1S/C20H29N3O2S/c1-6-14(7-2)18-22-23-19(26-18)21-17(24)12-13-25-16-10-8-15(9-11-16)20(3,4)5/h8-11,14H,6-7,12-13H2,1-5H3,(H,21,23,24). The first-order valence-corrected chi connectivity index (χ1v) is 10.0. The number of benzene rings is 1. The Hall–Kier alpha value is -1.95. The molecule has 1 N–H and O–H groups in total. The number of anilines is 1. The van der Waals surface area contributed by atoms with Crippen molar-refractivity contribution in [2.45, 2.75) is 65.2 Å². The summed E-state index contributed by atoms with van der Waals surface area (Å²) in [4.78, 5) is 12.1. The number of amides is 1. The molecule has 142 valence electrons. The first-order chi connectivity index (χ1) is 12.3. The molecule has 0 spiro atoms. The highest BCUT2D eigenvalue weighted by Gasteiger charge is 2.15. The van der Waals surface area contributed by atoms with Crippen LogP contribution in [0.3, 0.4) is 0 Å². The maximum absolute atomic E-state index is 12.1. The molecule has 0 aliphatic rings. The van der Waals surface area contributed by atoms with Gasteiger partial charge >= 0.3 is 0 Å². The molecule has 0 fully saturated rings.